The number of hydrogen-bond acceptors (Lipinski definition) is 4. The zero-order valence-electron chi connectivity index (χ0n) is 17.0. The fourth-order valence-electron chi connectivity index (χ4n) is 3.01. The Morgan fingerprint density at radius 1 is 1.21 bits per heavy atom. The van der Waals surface area contributed by atoms with Crippen LogP contribution < -0.4 is 10.6 Å². The SMILES string of the molecule is CCNC(=NCc1nccn1CCc1ccccc1)NCC(C)(O)c1cccs1. The van der Waals surface area contributed by atoms with Gasteiger partial charge in [-0.05, 0) is 37.3 Å². The molecule has 6 nitrogen and oxygen atoms in total. The van der Waals surface area contributed by atoms with Crippen LogP contribution in [-0.2, 0) is 25.1 Å². The first-order chi connectivity index (χ1) is 14.1. The number of aliphatic hydroxyl groups is 1. The number of aryl methyl sites for hydroxylation is 2. The lowest BCUT2D eigenvalue weighted by atomic mass is 10.1. The molecule has 1 aromatic carbocycles. The van der Waals surface area contributed by atoms with Gasteiger partial charge in [0.15, 0.2) is 5.96 Å². The quantitative estimate of drug-likeness (QED) is 0.374. The van der Waals surface area contributed by atoms with Gasteiger partial charge < -0.3 is 20.3 Å². The molecule has 0 radical (unpaired) electrons. The highest BCUT2D eigenvalue weighted by molar-refractivity contribution is 7.10. The molecule has 0 saturated carbocycles. The van der Waals surface area contributed by atoms with Crippen LogP contribution in [0.2, 0.25) is 0 Å². The Labute approximate surface area is 176 Å². The van der Waals surface area contributed by atoms with Crippen molar-refractivity contribution in [2.24, 2.45) is 4.99 Å². The third kappa shape index (κ3) is 6.17. The van der Waals surface area contributed by atoms with E-state index in [-0.39, 0.29) is 0 Å². The Balaban J connectivity index is 1.59. The van der Waals surface area contributed by atoms with Crippen molar-refractivity contribution >= 4 is 17.3 Å². The van der Waals surface area contributed by atoms with Gasteiger partial charge in [0.25, 0.3) is 0 Å². The van der Waals surface area contributed by atoms with Gasteiger partial charge in [-0.15, -0.1) is 11.3 Å². The molecule has 3 N–H and O–H groups in total. The van der Waals surface area contributed by atoms with E-state index in [0.29, 0.717) is 19.0 Å². The lowest BCUT2D eigenvalue weighted by Crippen LogP contribution is -2.44. The summed E-state index contributed by atoms with van der Waals surface area (Å²) in [5, 5.41) is 19.2. The van der Waals surface area contributed by atoms with E-state index >= 15 is 0 Å². The third-order valence-corrected chi connectivity index (χ3v) is 5.78. The normalized spacial score (nSPS) is 13.8. The Hall–Kier alpha value is -2.64. The van der Waals surface area contributed by atoms with Gasteiger partial charge in [0.1, 0.15) is 18.0 Å². The molecule has 0 bridgehead atoms. The summed E-state index contributed by atoms with van der Waals surface area (Å²) in [6.45, 7) is 6.29. The molecular formula is C22H29N5OS. The average Bonchev–Trinajstić information content (AvgIpc) is 3.42. The summed E-state index contributed by atoms with van der Waals surface area (Å²) in [5.41, 5.74) is 0.361. The van der Waals surface area contributed by atoms with Crippen molar-refractivity contribution in [1.29, 1.82) is 0 Å². The van der Waals surface area contributed by atoms with E-state index in [2.05, 4.69) is 49.4 Å². The molecule has 0 fully saturated rings. The lowest BCUT2D eigenvalue weighted by molar-refractivity contribution is 0.0655. The molecular weight excluding hydrogens is 382 g/mol. The Morgan fingerprint density at radius 3 is 2.76 bits per heavy atom. The van der Waals surface area contributed by atoms with Crippen LogP contribution in [0.25, 0.3) is 0 Å². The van der Waals surface area contributed by atoms with Crippen molar-refractivity contribution in [3.8, 4) is 0 Å². The molecule has 0 aliphatic carbocycles. The molecule has 3 aromatic rings. The summed E-state index contributed by atoms with van der Waals surface area (Å²) in [5.74, 6) is 1.59. The van der Waals surface area contributed by atoms with Gasteiger partial charge in [-0.1, -0.05) is 36.4 Å². The van der Waals surface area contributed by atoms with Crippen LogP contribution in [0.4, 0.5) is 0 Å². The topological polar surface area (TPSA) is 74.5 Å². The molecule has 3 rings (SSSR count). The molecule has 0 aliphatic rings. The highest BCUT2D eigenvalue weighted by Crippen LogP contribution is 2.24. The van der Waals surface area contributed by atoms with Crippen LogP contribution >= 0.6 is 11.3 Å². The van der Waals surface area contributed by atoms with Crippen molar-refractivity contribution in [3.63, 3.8) is 0 Å². The molecule has 29 heavy (non-hydrogen) atoms. The van der Waals surface area contributed by atoms with Gasteiger partial charge in [-0.3, -0.25) is 0 Å². The van der Waals surface area contributed by atoms with E-state index in [0.717, 1.165) is 30.2 Å². The summed E-state index contributed by atoms with van der Waals surface area (Å²) in [4.78, 5) is 10.1. The number of hydrogen-bond donors (Lipinski definition) is 3. The molecule has 2 aromatic heterocycles. The van der Waals surface area contributed by atoms with Crippen LogP contribution in [0.5, 0.6) is 0 Å². The average molecular weight is 412 g/mol. The first-order valence-corrected chi connectivity index (χ1v) is 10.8. The van der Waals surface area contributed by atoms with Gasteiger partial charge in [0.05, 0.1) is 6.54 Å². The second-order valence-electron chi connectivity index (χ2n) is 7.07. The summed E-state index contributed by atoms with van der Waals surface area (Å²) < 4.78 is 2.14. The van der Waals surface area contributed by atoms with Crippen LogP contribution in [0.1, 0.15) is 30.1 Å². The highest BCUT2D eigenvalue weighted by Gasteiger charge is 2.24. The van der Waals surface area contributed by atoms with E-state index in [1.54, 1.807) is 11.3 Å². The predicted octanol–water partition coefficient (Wildman–Crippen LogP) is 3.15. The Morgan fingerprint density at radius 2 is 2.03 bits per heavy atom. The van der Waals surface area contributed by atoms with E-state index in [1.165, 1.54) is 5.56 Å². The molecule has 1 atom stereocenters. The number of rotatable bonds is 9. The summed E-state index contributed by atoms with van der Waals surface area (Å²) in [6, 6.07) is 14.3. The van der Waals surface area contributed by atoms with Crippen molar-refractivity contribution < 1.29 is 5.11 Å². The van der Waals surface area contributed by atoms with Crippen molar-refractivity contribution in [2.75, 3.05) is 13.1 Å². The summed E-state index contributed by atoms with van der Waals surface area (Å²) in [6.07, 6.45) is 4.77. The summed E-state index contributed by atoms with van der Waals surface area (Å²) in [7, 11) is 0. The molecule has 0 saturated heterocycles. The Bertz CT molecular complexity index is 887. The molecule has 1 unspecified atom stereocenters. The molecule has 0 amide bonds. The first-order valence-electron chi connectivity index (χ1n) is 9.91. The smallest absolute Gasteiger partial charge is 0.191 e. The van der Waals surface area contributed by atoms with E-state index in [9.17, 15) is 5.11 Å². The number of guanidine groups is 1. The zero-order valence-corrected chi connectivity index (χ0v) is 17.8. The van der Waals surface area contributed by atoms with Crippen molar-refractivity contribution in [3.05, 3.63) is 76.5 Å². The number of imidazole rings is 1. The second-order valence-corrected chi connectivity index (χ2v) is 8.02. The van der Waals surface area contributed by atoms with Crippen LogP contribution in [0, 0.1) is 0 Å². The first kappa shape index (κ1) is 21.1. The predicted molar refractivity (Wildman–Crippen MR) is 119 cm³/mol. The maximum Gasteiger partial charge on any atom is 0.191 e. The lowest BCUT2D eigenvalue weighted by Gasteiger charge is -2.23. The van der Waals surface area contributed by atoms with Gasteiger partial charge in [-0.2, -0.15) is 0 Å². The van der Waals surface area contributed by atoms with Crippen LogP contribution in [0.15, 0.2) is 65.2 Å². The fraction of sp³-hybridized carbons (Fsp3) is 0.364. The monoisotopic (exact) mass is 411 g/mol. The summed E-state index contributed by atoms with van der Waals surface area (Å²) >= 11 is 1.55. The fourth-order valence-corrected chi connectivity index (χ4v) is 3.80. The number of nitrogens with one attached hydrogen (secondary N) is 2. The number of benzene rings is 1. The molecule has 2 heterocycles. The Kier molecular flexibility index (Phi) is 7.43. The highest BCUT2D eigenvalue weighted by atomic mass is 32.1. The van der Waals surface area contributed by atoms with Gasteiger partial charge >= 0.3 is 0 Å². The zero-order chi connectivity index (χ0) is 20.5. The molecule has 0 aliphatic heterocycles. The van der Waals surface area contributed by atoms with E-state index in [1.807, 2.05) is 49.8 Å². The minimum absolute atomic E-state index is 0.377. The van der Waals surface area contributed by atoms with Crippen molar-refractivity contribution in [1.82, 2.24) is 20.2 Å². The van der Waals surface area contributed by atoms with Crippen LogP contribution in [-0.4, -0.2) is 33.7 Å². The maximum atomic E-state index is 10.7. The minimum Gasteiger partial charge on any atom is -0.383 e. The van der Waals surface area contributed by atoms with Crippen LogP contribution in [0.3, 0.4) is 0 Å². The van der Waals surface area contributed by atoms with Gasteiger partial charge in [-0.25, -0.2) is 9.98 Å². The van der Waals surface area contributed by atoms with E-state index in [4.69, 9.17) is 0 Å². The van der Waals surface area contributed by atoms with Crippen molar-refractivity contribution in [2.45, 2.75) is 39.0 Å². The van der Waals surface area contributed by atoms with E-state index < -0.39 is 5.60 Å². The number of aromatic nitrogens is 2. The molecule has 154 valence electrons. The number of nitrogens with zero attached hydrogens (tertiary/aromatic N) is 3. The molecule has 7 heteroatoms. The minimum atomic E-state index is -0.946. The largest absolute Gasteiger partial charge is 0.383 e. The standard InChI is InChI=1S/C22H29N5OS/c1-3-23-21(26-17-22(2,28)19-10-7-15-29-19)25-16-20-24-12-14-27(20)13-11-18-8-5-4-6-9-18/h4-10,12,14-15,28H,3,11,13,16-17H2,1-2H3,(H2,23,25,26). The third-order valence-electron chi connectivity index (χ3n) is 4.66. The second kappa shape index (κ2) is 10.2. The number of thiophene rings is 1. The van der Waals surface area contributed by atoms with Gasteiger partial charge in [0, 0.05) is 30.4 Å². The molecule has 0 spiro atoms. The number of aliphatic imine (C=N–C) groups is 1. The maximum absolute atomic E-state index is 10.7. The van der Waals surface area contributed by atoms with Gasteiger partial charge in [0.2, 0.25) is 0 Å².